The summed E-state index contributed by atoms with van der Waals surface area (Å²) in [6.07, 6.45) is 1.00. The molecule has 1 atom stereocenters. The Labute approximate surface area is 181 Å². The van der Waals surface area contributed by atoms with Crippen molar-refractivity contribution in [2.45, 2.75) is 33.2 Å². The molecule has 0 unspecified atom stereocenters. The van der Waals surface area contributed by atoms with Crippen LogP contribution in [0.5, 0.6) is 0 Å². The van der Waals surface area contributed by atoms with Crippen LogP contribution < -0.4 is 26.6 Å². The Hall–Kier alpha value is -2.65. The van der Waals surface area contributed by atoms with Crippen LogP contribution in [0.2, 0.25) is 5.02 Å². The Balaban J connectivity index is 1.95. The van der Waals surface area contributed by atoms with E-state index in [1.165, 1.54) is 0 Å². The first kappa shape index (κ1) is 22.0. The van der Waals surface area contributed by atoms with Crippen LogP contribution >= 0.6 is 11.6 Å². The lowest BCUT2D eigenvalue weighted by molar-refractivity contribution is 0.100. The minimum absolute atomic E-state index is 0.262. The third-order valence-corrected chi connectivity index (χ3v) is 5.27. The molecular formula is C20H29ClN8O. The van der Waals surface area contributed by atoms with E-state index in [2.05, 4.69) is 44.7 Å². The molecule has 5 N–H and O–H groups in total. The molecule has 30 heavy (non-hydrogen) atoms. The minimum Gasteiger partial charge on any atom is -0.366 e. The van der Waals surface area contributed by atoms with Gasteiger partial charge in [-0.05, 0) is 43.5 Å². The SMILES string of the molecule is Cc1c(Cl)cc(C(N)=O)cc1Nc1nc(N[C@H]2CCNC2)nc(N(C)CC(C)C)n1. The first-order chi connectivity index (χ1) is 14.2. The summed E-state index contributed by atoms with van der Waals surface area (Å²) < 4.78 is 0. The Morgan fingerprint density at radius 2 is 2.07 bits per heavy atom. The Kier molecular flexibility index (Phi) is 6.94. The zero-order chi connectivity index (χ0) is 21.8. The second kappa shape index (κ2) is 9.44. The van der Waals surface area contributed by atoms with Crippen LogP contribution in [-0.4, -0.2) is 53.6 Å². The van der Waals surface area contributed by atoms with Gasteiger partial charge in [-0.1, -0.05) is 25.4 Å². The number of halogens is 1. The van der Waals surface area contributed by atoms with E-state index in [1.807, 2.05) is 18.9 Å². The average Bonchev–Trinajstić information content (AvgIpc) is 3.17. The Morgan fingerprint density at radius 3 is 2.70 bits per heavy atom. The topological polar surface area (TPSA) is 121 Å². The summed E-state index contributed by atoms with van der Waals surface area (Å²) >= 11 is 6.28. The maximum absolute atomic E-state index is 11.6. The summed E-state index contributed by atoms with van der Waals surface area (Å²) in [5.41, 5.74) is 7.14. The lowest BCUT2D eigenvalue weighted by Gasteiger charge is -2.21. The fraction of sp³-hybridized carbons (Fsp3) is 0.500. The van der Waals surface area contributed by atoms with E-state index >= 15 is 0 Å². The van der Waals surface area contributed by atoms with E-state index in [9.17, 15) is 4.79 Å². The molecule has 1 aromatic carbocycles. The molecule has 162 valence electrons. The number of nitrogens with zero attached hydrogens (tertiary/aromatic N) is 4. The number of rotatable bonds is 8. The Bertz CT molecular complexity index is 914. The van der Waals surface area contributed by atoms with Gasteiger partial charge in [-0.2, -0.15) is 15.0 Å². The van der Waals surface area contributed by atoms with Crippen molar-refractivity contribution in [2.24, 2.45) is 11.7 Å². The molecule has 0 radical (unpaired) electrons. The number of nitrogens with one attached hydrogen (secondary N) is 3. The molecule has 1 fully saturated rings. The van der Waals surface area contributed by atoms with Gasteiger partial charge in [0.05, 0.1) is 0 Å². The van der Waals surface area contributed by atoms with E-state index in [0.29, 0.717) is 40.0 Å². The number of carbonyl (C=O) groups is 1. The van der Waals surface area contributed by atoms with Gasteiger partial charge in [0.15, 0.2) is 0 Å². The van der Waals surface area contributed by atoms with Gasteiger partial charge >= 0.3 is 0 Å². The van der Waals surface area contributed by atoms with Crippen LogP contribution in [-0.2, 0) is 0 Å². The molecule has 10 heteroatoms. The summed E-state index contributed by atoms with van der Waals surface area (Å²) in [6, 6.07) is 3.47. The van der Waals surface area contributed by atoms with Gasteiger partial charge in [-0.25, -0.2) is 0 Å². The van der Waals surface area contributed by atoms with Gasteiger partial charge in [-0.3, -0.25) is 4.79 Å². The minimum atomic E-state index is -0.552. The summed E-state index contributed by atoms with van der Waals surface area (Å²) in [5, 5.41) is 10.3. The summed E-state index contributed by atoms with van der Waals surface area (Å²) in [6.45, 7) is 8.76. The van der Waals surface area contributed by atoms with Crippen LogP contribution in [0.25, 0.3) is 0 Å². The molecule has 9 nitrogen and oxygen atoms in total. The zero-order valence-electron chi connectivity index (χ0n) is 17.8. The lowest BCUT2D eigenvalue weighted by atomic mass is 10.1. The predicted molar refractivity (Wildman–Crippen MR) is 121 cm³/mol. The smallest absolute Gasteiger partial charge is 0.248 e. The number of primary amides is 1. The third kappa shape index (κ3) is 5.48. The highest BCUT2D eigenvalue weighted by Crippen LogP contribution is 2.28. The fourth-order valence-electron chi connectivity index (χ4n) is 3.32. The second-order valence-electron chi connectivity index (χ2n) is 8.01. The number of aromatic nitrogens is 3. The van der Waals surface area contributed by atoms with E-state index in [0.717, 1.165) is 31.6 Å². The highest BCUT2D eigenvalue weighted by molar-refractivity contribution is 6.32. The molecule has 1 saturated heterocycles. The van der Waals surface area contributed by atoms with Crippen LogP contribution in [0, 0.1) is 12.8 Å². The van der Waals surface area contributed by atoms with E-state index in [-0.39, 0.29) is 6.04 Å². The number of hydrogen-bond donors (Lipinski definition) is 4. The van der Waals surface area contributed by atoms with Crippen molar-refractivity contribution in [3.63, 3.8) is 0 Å². The summed E-state index contributed by atoms with van der Waals surface area (Å²) in [7, 11) is 1.95. The highest BCUT2D eigenvalue weighted by Gasteiger charge is 2.18. The van der Waals surface area contributed by atoms with E-state index in [4.69, 9.17) is 17.3 Å². The monoisotopic (exact) mass is 432 g/mol. The molecule has 1 amide bonds. The standard InChI is InChI=1S/C20H29ClN8O/c1-11(2)10-29(4)20-27-18(24-14-5-6-23-9-14)26-19(28-20)25-16-8-13(17(22)30)7-15(21)12(16)3/h7-8,11,14,23H,5-6,9-10H2,1-4H3,(H2,22,30)(H2,24,25,26,27,28)/t14-/m0/s1. The first-order valence-electron chi connectivity index (χ1n) is 10.0. The van der Waals surface area contributed by atoms with Crippen molar-refractivity contribution in [2.75, 3.05) is 42.2 Å². The van der Waals surface area contributed by atoms with Gasteiger partial charge in [-0.15, -0.1) is 0 Å². The molecule has 1 aliphatic heterocycles. The molecule has 1 aliphatic rings. The number of amides is 1. The average molecular weight is 433 g/mol. The number of benzene rings is 1. The van der Waals surface area contributed by atoms with Gasteiger partial charge in [0, 0.05) is 42.5 Å². The maximum atomic E-state index is 11.6. The van der Waals surface area contributed by atoms with Crippen LogP contribution in [0.4, 0.5) is 23.5 Å². The van der Waals surface area contributed by atoms with Crippen molar-refractivity contribution in [3.05, 3.63) is 28.3 Å². The molecule has 0 aliphatic carbocycles. The van der Waals surface area contributed by atoms with E-state index < -0.39 is 5.91 Å². The quantitative estimate of drug-likeness (QED) is 0.502. The molecule has 2 aromatic rings. The third-order valence-electron chi connectivity index (χ3n) is 4.87. The first-order valence-corrected chi connectivity index (χ1v) is 10.4. The van der Waals surface area contributed by atoms with Crippen LogP contribution in [0.1, 0.15) is 36.2 Å². The van der Waals surface area contributed by atoms with Crippen LogP contribution in [0.15, 0.2) is 12.1 Å². The normalized spacial score (nSPS) is 16.0. The molecule has 2 heterocycles. The largest absolute Gasteiger partial charge is 0.366 e. The zero-order valence-corrected chi connectivity index (χ0v) is 18.5. The summed E-state index contributed by atoms with van der Waals surface area (Å²) in [4.78, 5) is 27.4. The van der Waals surface area contributed by atoms with Gasteiger partial charge in [0.2, 0.25) is 23.8 Å². The summed E-state index contributed by atoms with van der Waals surface area (Å²) in [5.74, 6) is 1.33. The lowest BCUT2D eigenvalue weighted by Crippen LogP contribution is -2.27. The predicted octanol–water partition coefficient (Wildman–Crippen LogP) is 2.54. The molecule has 0 saturated carbocycles. The molecule has 0 spiro atoms. The molecular weight excluding hydrogens is 404 g/mol. The molecule has 1 aromatic heterocycles. The second-order valence-corrected chi connectivity index (χ2v) is 8.42. The molecule has 3 rings (SSSR count). The highest BCUT2D eigenvalue weighted by atomic mass is 35.5. The number of anilines is 4. The van der Waals surface area contributed by atoms with Gasteiger partial charge in [0.25, 0.3) is 0 Å². The molecule has 0 bridgehead atoms. The number of nitrogens with two attached hydrogens (primary N) is 1. The van der Waals surface area contributed by atoms with Gasteiger partial charge < -0.3 is 26.6 Å². The van der Waals surface area contributed by atoms with Gasteiger partial charge in [0.1, 0.15) is 0 Å². The number of hydrogen-bond acceptors (Lipinski definition) is 8. The number of carbonyl (C=O) groups excluding carboxylic acids is 1. The van der Waals surface area contributed by atoms with Crippen molar-refractivity contribution >= 4 is 41.0 Å². The maximum Gasteiger partial charge on any atom is 0.248 e. The van der Waals surface area contributed by atoms with Crippen molar-refractivity contribution < 1.29 is 4.79 Å². The Morgan fingerprint density at radius 1 is 1.33 bits per heavy atom. The van der Waals surface area contributed by atoms with Crippen molar-refractivity contribution in [1.82, 2.24) is 20.3 Å². The fourth-order valence-corrected chi connectivity index (χ4v) is 3.54. The van der Waals surface area contributed by atoms with Crippen LogP contribution in [0.3, 0.4) is 0 Å². The van der Waals surface area contributed by atoms with Crippen molar-refractivity contribution in [3.8, 4) is 0 Å². The van der Waals surface area contributed by atoms with Crippen molar-refractivity contribution in [1.29, 1.82) is 0 Å². The van der Waals surface area contributed by atoms with E-state index in [1.54, 1.807) is 12.1 Å².